The third kappa shape index (κ3) is 3.79. The zero-order valence-electron chi connectivity index (χ0n) is 16.3. The van der Waals surface area contributed by atoms with E-state index in [-0.39, 0.29) is 5.91 Å². The number of benzene rings is 2. The number of halogens is 2. The molecule has 1 fully saturated rings. The number of amides is 1. The first-order valence-corrected chi connectivity index (χ1v) is 10.4. The van der Waals surface area contributed by atoms with Gasteiger partial charge in [0.2, 0.25) is 5.91 Å². The Morgan fingerprint density at radius 2 is 1.97 bits per heavy atom. The first-order valence-electron chi connectivity index (χ1n) is 9.66. The number of anilines is 1. The van der Waals surface area contributed by atoms with Crippen LogP contribution in [0.25, 0.3) is 22.0 Å². The fourth-order valence-corrected chi connectivity index (χ4v) is 4.15. The van der Waals surface area contributed by atoms with Crippen molar-refractivity contribution in [1.29, 1.82) is 5.26 Å². The topological polar surface area (TPSA) is 73.1 Å². The molecule has 4 rings (SSSR count). The van der Waals surface area contributed by atoms with Gasteiger partial charge in [0.05, 0.1) is 23.2 Å². The largest absolute Gasteiger partial charge is 0.351 e. The molecule has 0 unspecified atom stereocenters. The lowest BCUT2D eigenvalue weighted by Crippen LogP contribution is -2.54. The molecule has 0 spiro atoms. The van der Waals surface area contributed by atoms with Crippen molar-refractivity contribution >= 4 is 45.8 Å². The highest BCUT2D eigenvalue weighted by Gasteiger charge is 2.31. The van der Waals surface area contributed by atoms with Crippen molar-refractivity contribution in [2.75, 3.05) is 24.5 Å². The van der Waals surface area contributed by atoms with Crippen molar-refractivity contribution in [3.05, 3.63) is 52.8 Å². The molecular formula is C22H19Cl2N5O. The predicted molar refractivity (Wildman–Crippen MR) is 119 cm³/mol. The minimum absolute atomic E-state index is 0.00875. The summed E-state index contributed by atoms with van der Waals surface area (Å²) < 4.78 is 0. The van der Waals surface area contributed by atoms with Crippen LogP contribution >= 0.6 is 23.2 Å². The number of nitriles is 1. The number of carbonyl (C=O) groups is 1. The molecule has 0 saturated carbocycles. The molecule has 152 valence electrons. The average molecular weight is 440 g/mol. The summed E-state index contributed by atoms with van der Waals surface area (Å²) in [6.45, 7) is 3.28. The van der Waals surface area contributed by atoms with E-state index in [1.165, 1.54) is 6.33 Å². The van der Waals surface area contributed by atoms with Gasteiger partial charge in [-0.2, -0.15) is 5.26 Å². The van der Waals surface area contributed by atoms with E-state index in [0.29, 0.717) is 36.1 Å². The Morgan fingerprint density at radius 1 is 1.20 bits per heavy atom. The standard InChI is InChI=1S/C22H19Cl2N5O/c1-2-21(30)29-8-7-28(12-16(29)11-25)22-18-9-17(14-3-5-15(23)6-4-14)19(24)10-20(18)26-13-27-22/h3-6,9-10,13,16H,2,7-8,12H2,1H3/t16-/m1/s1. The van der Waals surface area contributed by atoms with Crippen molar-refractivity contribution in [3.63, 3.8) is 0 Å². The SMILES string of the molecule is CCC(=O)N1CCN(c2ncnc3cc(Cl)c(-c4ccc(Cl)cc4)cc23)C[C@H]1C#N. The van der Waals surface area contributed by atoms with Crippen LogP contribution in [0.1, 0.15) is 13.3 Å². The number of hydrogen-bond donors (Lipinski definition) is 0. The molecule has 30 heavy (non-hydrogen) atoms. The van der Waals surface area contributed by atoms with Crippen LogP contribution in [-0.4, -0.2) is 46.5 Å². The molecule has 0 aliphatic carbocycles. The fraction of sp³-hybridized carbons (Fsp3) is 0.273. The van der Waals surface area contributed by atoms with E-state index in [0.717, 1.165) is 27.8 Å². The number of piperazine rings is 1. The van der Waals surface area contributed by atoms with Crippen LogP contribution in [0.3, 0.4) is 0 Å². The summed E-state index contributed by atoms with van der Waals surface area (Å²) in [6.07, 6.45) is 1.89. The maximum absolute atomic E-state index is 12.2. The van der Waals surface area contributed by atoms with Gasteiger partial charge in [-0.1, -0.05) is 42.3 Å². The van der Waals surface area contributed by atoms with E-state index in [1.807, 2.05) is 48.2 Å². The predicted octanol–water partition coefficient (Wildman–Crippen LogP) is 4.55. The summed E-state index contributed by atoms with van der Waals surface area (Å²) >= 11 is 12.6. The molecule has 1 aromatic heterocycles. The van der Waals surface area contributed by atoms with E-state index in [2.05, 4.69) is 16.0 Å². The van der Waals surface area contributed by atoms with Crippen LogP contribution in [-0.2, 0) is 4.79 Å². The fourth-order valence-electron chi connectivity index (χ4n) is 3.75. The molecule has 3 aromatic rings. The Balaban J connectivity index is 1.75. The van der Waals surface area contributed by atoms with Crippen LogP contribution in [0, 0.1) is 11.3 Å². The summed E-state index contributed by atoms with van der Waals surface area (Å²) in [6, 6.07) is 13.0. The van der Waals surface area contributed by atoms with Crippen molar-refractivity contribution in [2.45, 2.75) is 19.4 Å². The third-order valence-corrected chi connectivity index (χ3v) is 5.87. The molecule has 1 atom stereocenters. The molecular weight excluding hydrogens is 421 g/mol. The number of aromatic nitrogens is 2. The zero-order chi connectivity index (χ0) is 21.3. The Morgan fingerprint density at radius 3 is 2.67 bits per heavy atom. The van der Waals surface area contributed by atoms with E-state index in [1.54, 1.807) is 4.90 Å². The molecule has 2 heterocycles. The van der Waals surface area contributed by atoms with E-state index in [9.17, 15) is 10.1 Å². The molecule has 6 nitrogen and oxygen atoms in total. The third-order valence-electron chi connectivity index (χ3n) is 5.31. The highest BCUT2D eigenvalue weighted by Crippen LogP contribution is 2.35. The lowest BCUT2D eigenvalue weighted by molar-refractivity contribution is -0.132. The van der Waals surface area contributed by atoms with Crippen molar-refractivity contribution in [3.8, 4) is 17.2 Å². The van der Waals surface area contributed by atoms with Gasteiger partial charge in [-0.25, -0.2) is 9.97 Å². The molecule has 8 heteroatoms. The molecule has 1 aliphatic heterocycles. The van der Waals surface area contributed by atoms with E-state index < -0.39 is 6.04 Å². The first-order chi connectivity index (χ1) is 14.5. The minimum atomic E-state index is -0.515. The van der Waals surface area contributed by atoms with Crippen LogP contribution in [0.4, 0.5) is 5.82 Å². The molecule has 0 N–H and O–H groups in total. The van der Waals surface area contributed by atoms with Gasteiger partial charge in [-0.15, -0.1) is 0 Å². The average Bonchev–Trinajstić information content (AvgIpc) is 2.78. The van der Waals surface area contributed by atoms with Crippen LogP contribution in [0.2, 0.25) is 10.0 Å². The molecule has 2 aromatic carbocycles. The Labute approximate surface area is 184 Å². The monoisotopic (exact) mass is 439 g/mol. The van der Waals surface area contributed by atoms with Gasteiger partial charge in [-0.3, -0.25) is 4.79 Å². The van der Waals surface area contributed by atoms with Gasteiger partial charge < -0.3 is 9.80 Å². The first kappa shape index (κ1) is 20.4. The van der Waals surface area contributed by atoms with Gasteiger partial charge >= 0.3 is 0 Å². The van der Waals surface area contributed by atoms with Crippen molar-refractivity contribution < 1.29 is 4.79 Å². The Hall–Kier alpha value is -2.88. The van der Waals surface area contributed by atoms with E-state index >= 15 is 0 Å². The number of nitrogens with zero attached hydrogens (tertiary/aromatic N) is 5. The molecule has 1 saturated heterocycles. The van der Waals surface area contributed by atoms with Gasteiger partial charge in [-0.05, 0) is 29.8 Å². The second kappa shape index (κ2) is 8.47. The van der Waals surface area contributed by atoms with Crippen molar-refractivity contribution in [1.82, 2.24) is 14.9 Å². The number of fused-ring (bicyclic) bond motifs is 1. The van der Waals surface area contributed by atoms with Crippen LogP contribution in [0.5, 0.6) is 0 Å². The second-order valence-corrected chi connectivity index (χ2v) is 7.93. The maximum atomic E-state index is 12.2. The maximum Gasteiger partial charge on any atom is 0.223 e. The highest BCUT2D eigenvalue weighted by molar-refractivity contribution is 6.34. The highest BCUT2D eigenvalue weighted by atomic mass is 35.5. The molecule has 1 aliphatic rings. The quantitative estimate of drug-likeness (QED) is 0.597. The smallest absolute Gasteiger partial charge is 0.223 e. The van der Waals surface area contributed by atoms with Crippen LogP contribution < -0.4 is 4.90 Å². The number of carbonyl (C=O) groups excluding carboxylic acids is 1. The lowest BCUT2D eigenvalue weighted by atomic mass is 10.0. The second-order valence-electron chi connectivity index (χ2n) is 7.08. The summed E-state index contributed by atoms with van der Waals surface area (Å²) in [4.78, 5) is 24.7. The molecule has 0 bridgehead atoms. The van der Waals surface area contributed by atoms with Gasteiger partial charge in [0.25, 0.3) is 0 Å². The normalized spacial score (nSPS) is 16.5. The number of hydrogen-bond acceptors (Lipinski definition) is 5. The summed E-state index contributed by atoms with van der Waals surface area (Å²) in [5, 5.41) is 11.7. The summed E-state index contributed by atoms with van der Waals surface area (Å²) in [7, 11) is 0. The van der Waals surface area contributed by atoms with Crippen molar-refractivity contribution in [2.24, 2.45) is 0 Å². The molecule has 0 radical (unpaired) electrons. The lowest BCUT2D eigenvalue weighted by Gasteiger charge is -2.39. The number of rotatable bonds is 3. The van der Waals surface area contributed by atoms with E-state index in [4.69, 9.17) is 23.2 Å². The molecule has 1 amide bonds. The Kier molecular flexibility index (Phi) is 5.76. The minimum Gasteiger partial charge on any atom is -0.351 e. The van der Waals surface area contributed by atoms with Gasteiger partial charge in [0.15, 0.2) is 0 Å². The van der Waals surface area contributed by atoms with Crippen LogP contribution in [0.15, 0.2) is 42.7 Å². The van der Waals surface area contributed by atoms with Gasteiger partial charge in [0, 0.05) is 35.5 Å². The van der Waals surface area contributed by atoms with Gasteiger partial charge in [0.1, 0.15) is 18.2 Å². The Bertz CT molecular complexity index is 1140. The summed E-state index contributed by atoms with van der Waals surface area (Å²) in [5.41, 5.74) is 2.52. The summed E-state index contributed by atoms with van der Waals surface area (Å²) in [5.74, 6) is 0.723. The zero-order valence-corrected chi connectivity index (χ0v) is 17.9.